The van der Waals surface area contributed by atoms with Gasteiger partial charge < -0.3 is 5.32 Å². The third kappa shape index (κ3) is 4.69. The predicted molar refractivity (Wildman–Crippen MR) is 83.9 cm³/mol. The summed E-state index contributed by atoms with van der Waals surface area (Å²) in [6.45, 7) is 6.58. The van der Waals surface area contributed by atoms with Gasteiger partial charge >= 0.3 is 0 Å². The van der Waals surface area contributed by atoms with Crippen molar-refractivity contribution in [3.63, 3.8) is 0 Å². The molecule has 1 aliphatic carbocycles. The first-order valence-corrected chi connectivity index (χ1v) is 9.21. The van der Waals surface area contributed by atoms with Crippen LogP contribution in [0.1, 0.15) is 46.0 Å². The molecule has 0 saturated heterocycles. The molecule has 1 fully saturated rings. The Balaban J connectivity index is 2.56. The minimum Gasteiger partial charge on any atom is -0.317 e. The van der Waals surface area contributed by atoms with Gasteiger partial charge in [-0.25, -0.2) is 0 Å². The van der Waals surface area contributed by atoms with E-state index in [-0.39, 0.29) is 6.04 Å². The molecule has 0 amide bonds. The molecule has 0 bridgehead atoms. The minimum absolute atomic E-state index is 0.157. The third-order valence-corrected chi connectivity index (χ3v) is 6.34. The first-order chi connectivity index (χ1) is 9.41. The SMILES string of the molecule is CCNCCCN(C)S(=O)(=O)N(C)C1CCCCC1C. The highest BCUT2D eigenvalue weighted by Gasteiger charge is 2.33. The second-order valence-corrected chi connectivity index (χ2v) is 7.98. The maximum Gasteiger partial charge on any atom is 0.281 e. The molecule has 0 aromatic carbocycles. The summed E-state index contributed by atoms with van der Waals surface area (Å²) in [5.41, 5.74) is 0. The Labute approximate surface area is 124 Å². The van der Waals surface area contributed by atoms with Crippen LogP contribution in [-0.4, -0.2) is 56.8 Å². The van der Waals surface area contributed by atoms with Gasteiger partial charge in [-0.05, 0) is 38.3 Å². The second-order valence-electron chi connectivity index (χ2n) is 5.88. The van der Waals surface area contributed by atoms with Gasteiger partial charge in [0, 0.05) is 26.7 Å². The maximum absolute atomic E-state index is 12.6. The molecule has 20 heavy (non-hydrogen) atoms. The van der Waals surface area contributed by atoms with E-state index in [0.29, 0.717) is 12.5 Å². The molecule has 0 heterocycles. The second kappa shape index (κ2) is 8.32. The fraction of sp³-hybridized carbons (Fsp3) is 1.00. The van der Waals surface area contributed by atoms with Crippen LogP contribution in [0.4, 0.5) is 0 Å². The standard InChI is InChI=1S/C14H31N3O2S/c1-5-15-11-8-12-16(3)20(18,19)17(4)14-10-7-6-9-13(14)2/h13-15H,5-12H2,1-4H3. The number of rotatable bonds is 8. The van der Waals surface area contributed by atoms with Crippen molar-refractivity contribution in [2.45, 2.75) is 52.0 Å². The molecule has 2 unspecified atom stereocenters. The molecule has 0 aromatic heterocycles. The molecule has 2 atom stereocenters. The lowest BCUT2D eigenvalue weighted by molar-refractivity contribution is 0.204. The normalized spacial score (nSPS) is 24.5. The van der Waals surface area contributed by atoms with Crippen LogP contribution in [0.25, 0.3) is 0 Å². The lowest BCUT2D eigenvalue weighted by Gasteiger charge is -2.37. The molecule has 0 aromatic rings. The minimum atomic E-state index is -3.32. The summed E-state index contributed by atoms with van der Waals surface area (Å²) in [5, 5.41) is 3.22. The van der Waals surface area contributed by atoms with Gasteiger partial charge in [-0.2, -0.15) is 17.0 Å². The van der Waals surface area contributed by atoms with Crippen molar-refractivity contribution in [3.05, 3.63) is 0 Å². The zero-order valence-electron chi connectivity index (χ0n) is 13.4. The highest BCUT2D eigenvalue weighted by molar-refractivity contribution is 7.86. The highest BCUT2D eigenvalue weighted by Crippen LogP contribution is 2.29. The average molecular weight is 305 g/mol. The summed E-state index contributed by atoms with van der Waals surface area (Å²) in [6, 6.07) is 0.157. The molecule has 0 aliphatic heterocycles. The van der Waals surface area contributed by atoms with E-state index in [2.05, 4.69) is 19.2 Å². The Kier molecular flexibility index (Phi) is 7.43. The van der Waals surface area contributed by atoms with Crippen LogP contribution in [0.5, 0.6) is 0 Å². The Bertz CT molecular complexity index is 373. The molecule has 1 rings (SSSR count). The van der Waals surface area contributed by atoms with E-state index in [0.717, 1.165) is 38.8 Å². The fourth-order valence-corrected chi connectivity index (χ4v) is 4.40. The van der Waals surface area contributed by atoms with Crippen LogP contribution in [0, 0.1) is 5.92 Å². The van der Waals surface area contributed by atoms with Gasteiger partial charge in [0.25, 0.3) is 10.2 Å². The maximum atomic E-state index is 12.6. The Morgan fingerprint density at radius 1 is 1.20 bits per heavy atom. The number of nitrogens with zero attached hydrogens (tertiary/aromatic N) is 2. The van der Waals surface area contributed by atoms with E-state index in [1.807, 2.05) is 0 Å². The summed E-state index contributed by atoms with van der Waals surface area (Å²) in [6.07, 6.45) is 5.33. The molecule has 1 aliphatic rings. The molecular weight excluding hydrogens is 274 g/mol. The van der Waals surface area contributed by atoms with Crippen molar-refractivity contribution in [3.8, 4) is 0 Å². The number of hydrogen-bond acceptors (Lipinski definition) is 3. The monoisotopic (exact) mass is 305 g/mol. The van der Waals surface area contributed by atoms with Crippen LogP contribution in [0.15, 0.2) is 0 Å². The first kappa shape index (κ1) is 17.9. The quantitative estimate of drug-likeness (QED) is 0.694. The molecule has 0 spiro atoms. The molecule has 0 radical (unpaired) electrons. The van der Waals surface area contributed by atoms with E-state index in [9.17, 15) is 8.42 Å². The van der Waals surface area contributed by atoms with E-state index < -0.39 is 10.2 Å². The van der Waals surface area contributed by atoms with E-state index in [1.165, 1.54) is 10.7 Å². The molecule has 1 N–H and O–H groups in total. The van der Waals surface area contributed by atoms with Gasteiger partial charge in [0.1, 0.15) is 0 Å². The van der Waals surface area contributed by atoms with Crippen molar-refractivity contribution < 1.29 is 8.42 Å². The summed E-state index contributed by atoms with van der Waals surface area (Å²) >= 11 is 0. The van der Waals surface area contributed by atoms with Crippen molar-refractivity contribution in [2.24, 2.45) is 5.92 Å². The van der Waals surface area contributed by atoms with Gasteiger partial charge in [-0.1, -0.05) is 26.7 Å². The van der Waals surface area contributed by atoms with Gasteiger partial charge in [0.15, 0.2) is 0 Å². The van der Waals surface area contributed by atoms with Crippen LogP contribution < -0.4 is 5.32 Å². The van der Waals surface area contributed by atoms with Crippen LogP contribution in [-0.2, 0) is 10.2 Å². The summed E-state index contributed by atoms with van der Waals surface area (Å²) in [7, 11) is 0.105. The van der Waals surface area contributed by atoms with Gasteiger partial charge in [0.2, 0.25) is 0 Å². The van der Waals surface area contributed by atoms with Gasteiger partial charge in [-0.3, -0.25) is 0 Å². The van der Waals surface area contributed by atoms with Crippen molar-refractivity contribution in [2.75, 3.05) is 33.7 Å². The van der Waals surface area contributed by atoms with Gasteiger partial charge in [0.05, 0.1) is 0 Å². The fourth-order valence-electron chi connectivity index (χ4n) is 2.95. The van der Waals surface area contributed by atoms with E-state index in [1.54, 1.807) is 18.4 Å². The van der Waals surface area contributed by atoms with E-state index in [4.69, 9.17) is 0 Å². The molecule has 6 heteroatoms. The topological polar surface area (TPSA) is 52.7 Å². The van der Waals surface area contributed by atoms with Crippen molar-refractivity contribution in [1.82, 2.24) is 13.9 Å². The van der Waals surface area contributed by atoms with Crippen molar-refractivity contribution in [1.29, 1.82) is 0 Å². The zero-order valence-corrected chi connectivity index (χ0v) is 14.2. The zero-order chi connectivity index (χ0) is 15.2. The lowest BCUT2D eigenvalue weighted by Crippen LogP contribution is -2.48. The van der Waals surface area contributed by atoms with Gasteiger partial charge in [-0.15, -0.1) is 0 Å². The Morgan fingerprint density at radius 3 is 2.45 bits per heavy atom. The average Bonchev–Trinajstić information content (AvgIpc) is 2.43. The number of nitrogens with one attached hydrogen (secondary N) is 1. The molecular formula is C14H31N3O2S. The van der Waals surface area contributed by atoms with E-state index >= 15 is 0 Å². The first-order valence-electron chi connectivity index (χ1n) is 7.81. The third-order valence-electron chi connectivity index (χ3n) is 4.37. The Hall–Kier alpha value is -0.170. The van der Waals surface area contributed by atoms with Crippen LogP contribution >= 0.6 is 0 Å². The summed E-state index contributed by atoms with van der Waals surface area (Å²) < 4.78 is 28.2. The molecule has 1 saturated carbocycles. The van der Waals surface area contributed by atoms with Crippen LogP contribution in [0.3, 0.4) is 0 Å². The number of hydrogen-bond donors (Lipinski definition) is 1. The Morgan fingerprint density at radius 2 is 1.85 bits per heavy atom. The highest BCUT2D eigenvalue weighted by atomic mass is 32.2. The lowest BCUT2D eigenvalue weighted by atomic mass is 9.86. The predicted octanol–water partition coefficient (Wildman–Crippen LogP) is 1.67. The van der Waals surface area contributed by atoms with Crippen LogP contribution in [0.2, 0.25) is 0 Å². The van der Waals surface area contributed by atoms with Crippen molar-refractivity contribution >= 4 is 10.2 Å². The molecule has 120 valence electrons. The molecule has 5 nitrogen and oxygen atoms in total. The smallest absolute Gasteiger partial charge is 0.281 e. The largest absolute Gasteiger partial charge is 0.317 e. The summed E-state index contributed by atoms with van der Waals surface area (Å²) in [4.78, 5) is 0. The summed E-state index contributed by atoms with van der Waals surface area (Å²) in [5.74, 6) is 0.457.